The summed E-state index contributed by atoms with van der Waals surface area (Å²) in [4.78, 5) is 26.1. The molecule has 3 aromatic carbocycles. The fourth-order valence-electron chi connectivity index (χ4n) is 3.42. The quantitative estimate of drug-likeness (QED) is 0.290. The molecule has 0 unspecified atom stereocenters. The molecule has 3 aromatic rings. The zero-order chi connectivity index (χ0) is 23.5. The monoisotopic (exact) mass is 513 g/mol. The predicted octanol–water partition coefficient (Wildman–Crippen LogP) is 6.80. The minimum Gasteiger partial charge on any atom is -0.478 e. The zero-order valence-electron chi connectivity index (χ0n) is 17.1. The molecular formula is C25H17Cl2NO3S2. The van der Waals surface area contributed by atoms with E-state index in [1.165, 1.54) is 11.8 Å². The van der Waals surface area contributed by atoms with E-state index >= 15 is 0 Å². The van der Waals surface area contributed by atoms with Gasteiger partial charge in [-0.2, -0.15) is 0 Å². The van der Waals surface area contributed by atoms with Gasteiger partial charge < -0.3 is 5.11 Å². The summed E-state index contributed by atoms with van der Waals surface area (Å²) in [7, 11) is 0. The van der Waals surface area contributed by atoms with Crippen LogP contribution in [0.4, 0.5) is 0 Å². The van der Waals surface area contributed by atoms with E-state index < -0.39 is 5.97 Å². The second kappa shape index (κ2) is 10.1. The summed E-state index contributed by atoms with van der Waals surface area (Å²) in [5.74, 6) is -1.10. The maximum atomic E-state index is 13.0. The predicted molar refractivity (Wildman–Crippen MR) is 139 cm³/mol. The van der Waals surface area contributed by atoms with Gasteiger partial charge in [-0.15, -0.1) is 0 Å². The van der Waals surface area contributed by atoms with Crippen LogP contribution in [-0.2, 0) is 11.2 Å². The second-order valence-electron chi connectivity index (χ2n) is 7.34. The first-order valence-electron chi connectivity index (χ1n) is 9.95. The summed E-state index contributed by atoms with van der Waals surface area (Å²) in [5.41, 5.74) is 3.81. The number of thiocarbonyl (C=S) groups is 1. The van der Waals surface area contributed by atoms with Crippen molar-refractivity contribution in [3.63, 3.8) is 0 Å². The van der Waals surface area contributed by atoms with Crippen molar-refractivity contribution in [3.8, 4) is 11.1 Å². The molecule has 8 heteroatoms. The van der Waals surface area contributed by atoms with Gasteiger partial charge in [0.2, 0.25) is 0 Å². The molecule has 1 heterocycles. The molecule has 4 nitrogen and oxygen atoms in total. The van der Waals surface area contributed by atoms with Crippen molar-refractivity contribution in [3.05, 3.63) is 98.4 Å². The number of halogens is 2. The number of benzene rings is 3. The number of carbonyl (C=O) groups excluding carboxylic acids is 1. The lowest BCUT2D eigenvalue weighted by molar-refractivity contribution is -0.122. The van der Waals surface area contributed by atoms with E-state index in [0.29, 0.717) is 32.2 Å². The van der Waals surface area contributed by atoms with Crippen LogP contribution in [0.5, 0.6) is 0 Å². The Balaban J connectivity index is 1.49. The van der Waals surface area contributed by atoms with Gasteiger partial charge in [-0.25, -0.2) is 4.79 Å². The number of aromatic carboxylic acids is 1. The third-order valence-corrected chi connectivity index (χ3v) is 7.05. The van der Waals surface area contributed by atoms with Crippen molar-refractivity contribution in [2.45, 2.75) is 6.42 Å². The Bertz CT molecular complexity index is 1290. The van der Waals surface area contributed by atoms with Crippen LogP contribution >= 0.6 is 47.2 Å². The molecule has 166 valence electrons. The molecule has 0 aromatic heterocycles. The molecule has 0 bridgehead atoms. The highest BCUT2D eigenvalue weighted by Gasteiger charge is 2.31. The van der Waals surface area contributed by atoms with Gasteiger partial charge in [0.1, 0.15) is 4.32 Å². The SMILES string of the molecule is O=C(O)c1ccc(CCN2C(=O)/C(=C/c3cccc(-c4ccc(Cl)cc4Cl)c3)SC2=S)cc1. The number of amides is 1. The number of carboxylic acid groups (broad SMARTS) is 1. The lowest BCUT2D eigenvalue weighted by Crippen LogP contribution is -2.30. The molecule has 1 aliphatic rings. The van der Waals surface area contributed by atoms with E-state index in [2.05, 4.69) is 0 Å². The maximum Gasteiger partial charge on any atom is 0.335 e. The number of hydrogen-bond acceptors (Lipinski definition) is 4. The molecule has 1 saturated heterocycles. The number of carbonyl (C=O) groups is 2. The molecule has 1 amide bonds. The van der Waals surface area contributed by atoms with Gasteiger partial charge in [0.05, 0.1) is 10.5 Å². The number of hydrogen-bond donors (Lipinski definition) is 1. The van der Waals surface area contributed by atoms with Crippen molar-refractivity contribution in [1.82, 2.24) is 4.90 Å². The summed E-state index contributed by atoms with van der Waals surface area (Å²) < 4.78 is 0.505. The molecule has 0 radical (unpaired) electrons. The van der Waals surface area contributed by atoms with E-state index in [1.807, 2.05) is 36.4 Å². The highest BCUT2D eigenvalue weighted by molar-refractivity contribution is 8.26. The largest absolute Gasteiger partial charge is 0.478 e. The molecular weight excluding hydrogens is 497 g/mol. The van der Waals surface area contributed by atoms with Gasteiger partial charge >= 0.3 is 5.97 Å². The van der Waals surface area contributed by atoms with Gasteiger partial charge in [0, 0.05) is 22.2 Å². The van der Waals surface area contributed by atoms with Crippen LogP contribution in [0.3, 0.4) is 0 Å². The van der Waals surface area contributed by atoms with Crippen LogP contribution in [0.2, 0.25) is 10.0 Å². The molecule has 0 aliphatic carbocycles. The molecule has 1 N–H and O–H groups in total. The number of thioether (sulfide) groups is 1. The molecule has 0 spiro atoms. The van der Waals surface area contributed by atoms with Crippen LogP contribution in [-0.4, -0.2) is 32.7 Å². The first-order valence-corrected chi connectivity index (χ1v) is 11.9. The average molecular weight is 514 g/mol. The Hall–Kier alpha value is -2.64. The van der Waals surface area contributed by atoms with Crippen molar-refractivity contribution in [2.75, 3.05) is 6.54 Å². The first kappa shape index (κ1) is 23.5. The molecule has 0 saturated carbocycles. The number of rotatable bonds is 6. The lowest BCUT2D eigenvalue weighted by atomic mass is 10.0. The van der Waals surface area contributed by atoms with Gasteiger partial charge in [0.25, 0.3) is 5.91 Å². The molecule has 1 aliphatic heterocycles. The number of carboxylic acids is 1. The third kappa shape index (κ3) is 5.47. The molecule has 4 rings (SSSR count). The highest BCUT2D eigenvalue weighted by atomic mass is 35.5. The summed E-state index contributed by atoms with van der Waals surface area (Å²) in [6.07, 6.45) is 2.40. The van der Waals surface area contributed by atoms with E-state index in [-0.39, 0.29) is 11.5 Å². The zero-order valence-corrected chi connectivity index (χ0v) is 20.3. The van der Waals surface area contributed by atoms with E-state index in [9.17, 15) is 9.59 Å². The Morgan fingerprint density at radius 3 is 2.52 bits per heavy atom. The fourth-order valence-corrected chi connectivity index (χ4v) is 5.24. The van der Waals surface area contributed by atoms with Crippen LogP contribution in [0.1, 0.15) is 21.5 Å². The third-order valence-electron chi connectivity index (χ3n) is 5.13. The van der Waals surface area contributed by atoms with Gasteiger partial charge in [-0.3, -0.25) is 9.69 Å². The minimum absolute atomic E-state index is 0.137. The Labute approximate surface area is 210 Å². The van der Waals surface area contributed by atoms with Crippen LogP contribution in [0.15, 0.2) is 71.6 Å². The Kier molecular flexibility index (Phi) is 7.20. The summed E-state index contributed by atoms with van der Waals surface area (Å²) >= 11 is 19.1. The maximum absolute atomic E-state index is 13.0. The Morgan fingerprint density at radius 1 is 1.06 bits per heavy atom. The molecule has 1 fully saturated rings. The number of nitrogens with zero attached hydrogens (tertiary/aromatic N) is 1. The lowest BCUT2D eigenvalue weighted by Gasteiger charge is -2.14. The highest BCUT2D eigenvalue weighted by Crippen LogP contribution is 2.34. The van der Waals surface area contributed by atoms with Gasteiger partial charge in [-0.1, -0.05) is 83.6 Å². The Morgan fingerprint density at radius 2 is 1.82 bits per heavy atom. The average Bonchev–Trinajstić information content (AvgIpc) is 3.05. The van der Waals surface area contributed by atoms with E-state index in [4.69, 9.17) is 40.5 Å². The van der Waals surface area contributed by atoms with E-state index in [0.717, 1.165) is 22.3 Å². The summed E-state index contributed by atoms with van der Waals surface area (Å²) in [6, 6.07) is 19.7. The van der Waals surface area contributed by atoms with E-state index in [1.54, 1.807) is 41.3 Å². The van der Waals surface area contributed by atoms with Crippen LogP contribution < -0.4 is 0 Å². The second-order valence-corrected chi connectivity index (χ2v) is 9.85. The van der Waals surface area contributed by atoms with Crippen LogP contribution in [0, 0.1) is 0 Å². The molecule has 33 heavy (non-hydrogen) atoms. The normalized spacial score (nSPS) is 14.8. The van der Waals surface area contributed by atoms with Gasteiger partial charge in [-0.05, 0) is 59.5 Å². The summed E-state index contributed by atoms with van der Waals surface area (Å²) in [6.45, 7) is 0.425. The topological polar surface area (TPSA) is 57.6 Å². The smallest absolute Gasteiger partial charge is 0.335 e. The van der Waals surface area contributed by atoms with Crippen molar-refractivity contribution in [1.29, 1.82) is 0 Å². The minimum atomic E-state index is -0.967. The molecule has 0 atom stereocenters. The van der Waals surface area contributed by atoms with Gasteiger partial charge in [0.15, 0.2) is 0 Å². The standard InChI is InChI=1S/C25H17Cl2NO3S2/c26-19-8-9-20(21(27)14-19)18-3-1-2-16(12-18)13-22-23(29)28(25(32)33-22)11-10-15-4-6-17(7-5-15)24(30)31/h1-9,12-14H,10-11H2,(H,30,31)/b22-13-. The summed E-state index contributed by atoms with van der Waals surface area (Å²) in [5, 5.41) is 10.1. The van der Waals surface area contributed by atoms with Crippen molar-refractivity contribution in [2.24, 2.45) is 0 Å². The van der Waals surface area contributed by atoms with Crippen LogP contribution in [0.25, 0.3) is 17.2 Å². The first-order chi connectivity index (χ1) is 15.8. The fraction of sp³-hybridized carbons (Fsp3) is 0.0800. The van der Waals surface area contributed by atoms with Crippen molar-refractivity contribution >= 4 is 69.5 Å². The van der Waals surface area contributed by atoms with Crippen molar-refractivity contribution < 1.29 is 14.7 Å².